The van der Waals surface area contributed by atoms with Crippen molar-refractivity contribution in [2.75, 3.05) is 29.9 Å². The lowest BCUT2D eigenvalue weighted by molar-refractivity contribution is -0.137. The third kappa shape index (κ3) is 5.95. The summed E-state index contributed by atoms with van der Waals surface area (Å²) in [6.07, 6.45) is 2.54. The topological polar surface area (TPSA) is 132 Å². The molecule has 0 saturated carbocycles. The largest absolute Gasteiger partial charge is 0.481 e. The van der Waals surface area contributed by atoms with Gasteiger partial charge in [0.1, 0.15) is 10.7 Å². The first-order chi connectivity index (χ1) is 19.9. The SMILES string of the molecule is O=C(O)CC1CCC(=O)N(Cc2nc(C(=O)N3CCC(CNc4nc5ccccc5[nH]4)CC3)cs2)c2ccccc21. The number of likely N-dealkylation sites (tertiary alicyclic amines) is 1. The van der Waals surface area contributed by atoms with Crippen molar-refractivity contribution in [2.24, 2.45) is 5.92 Å². The Hall–Kier alpha value is -4.25. The van der Waals surface area contributed by atoms with E-state index in [9.17, 15) is 19.5 Å². The first-order valence-corrected chi connectivity index (χ1v) is 14.9. The van der Waals surface area contributed by atoms with Gasteiger partial charge in [-0.15, -0.1) is 11.3 Å². The second-order valence-corrected chi connectivity index (χ2v) is 11.7. The molecule has 11 heteroatoms. The zero-order valence-electron chi connectivity index (χ0n) is 22.6. The van der Waals surface area contributed by atoms with Crippen LogP contribution >= 0.6 is 11.3 Å². The Morgan fingerprint density at radius 3 is 2.63 bits per heavy atom. The van der Waals surface area contributed by atoms with Crippen LogP contribution in [-0.2, 0) is 16.1 Å². The second kappa shape index (κ2) is 11.7. The van der Waals surface area contributed by atoms with Crippen LogP contribution in [0.25, 0.3) is 11.0 Å². The molecule has 2 aliphatic heterocycles. The first kappa shape index (κ1) is 26.9. The number of rotatable bonds is 8. The number of para-hydroxylation sites is 3. The smallest absolute Gasteiger partial charge is 0.303 e. The number of carboxylic acid groups (broad SMARTS) is 1. The number of hydrogen-bond acceptors (Lipinski definition) is 7. The van der Waals surface area contributed by atoms with E-state index >= 15 is 0 Å². The Kier molecular flexibility index (Phi) is 7.69. The molecule has 4 aromatic rings. The number of carboxylic acids is 1. The lowest BCUT2D eigenvalue weighted by Gasteiger charge is -2.31. The summed E-state index contributed by atoms with van der Waals surface area (Å²) in [4.78, 5) is 53.8. The molecule has 6 rings (SSSR count). The Balaban J connectivity index is 1.06. The molecule has 3 N–H and O–H groups in total. The van der Waals surface area contributed by atoms with E-state index in [1.807, 2.05) is 53.4 Å². The van der Waals surface area contributed by atoms with Crippen molar-refractivity contribution < 1.29 is 19.5 Å². The molecule has 1 saturated heterocycles. The highest BCUT2D eigenvalue weighted by Crippen LogP contribution is 2.37. The van der Waals surface area contributed by atoms with Crippen LogP contribution in [-0.4, -0.2) is 62.4 Å². The van der Waals surface area contributed by atoms with Gasteiger partial charge in [-0.3, -0.25) is 14.4 Å². The van der Waals surface area contributed by atoms with Gasteiger partial charge < -0.3 is 25.2 Å². The summed E-state index contributed by atoms with van der Waals surface area (Å²) in [5.74, 6) is -0.0322. The minimum atomic E-state index is -0.875. The maximum atomic E-state index is 13.3. The van der Waals surface area contributed by atoms with Gasteiger partial charge in [0, 0.05) is 37.1 Å². The Morgan fingerprint density at radius 2 is 1.83 bits per heavy atom. The highest BCUT2D eigenvalue weighted by molar-refractivity contribution is 7.09. The van der Waals surface area contributed by atoms with E-state index in [0.717, 1.165) is 47.6 Å². The van der Waals surface area contributed by atoms with E-state index in [1.54, 1.807) is 10.3 Å². The molecule has 1 fully saturated rings. The van der Waals surface area contributed by atoms with Gasteiger partial charge in [0.15, 0.2) is 0 Å². The number of H-pyrrole nitrogens is 1. The van der Waals surface area contributed by atoms with Crippen LogP contribution in [0.1, 0.15) is 59.1 Å². The molecule has 2 aromatic heterocycles. The lowest BCUT2D eigenvalue weighted by atomic mass is 9.91. The minimum absolute atomic E-state index is 0.0132. The number of carbonyl (C=O) groups excluding carboxylic acids is 2. The summed E-state index contributed by atoms with van der Waals surface area (Å²) in [5.41, 5.74) is 3.94. The number of nitrogens with zero attached hydrogens (tertiary/aromatic N) is 4. The maximum Gasteiger partial charge on any atom is 0.303 e. The molecule has 212 valence electrons. The van der Waals surface area contributed by atoms with E-state index in [2.05, 4.69) is 20.3 Å². The third-order valence-corrected chi connectivity index (χ3v) is 8.84. The van der Waals surface area contributed by atoms with Crippen molar-refractivity contribution in [3.8, 4) is 0 Å². The van der Waals surface area contributed by atoms with E-state index < -0.39 is 5.97 Å². The number of nitrogens with one attached hydrogen (secondary N) is 2. The summed E-state index contributed by atoms with van der Waals surface area (Å²) >= 11 is 1.37. The van der Waals surface area contributed by atoms with Crippen molar-refractivity contribution >= 4 is 51.8 Å². The van der Waals surface area contributed by atoms with Crippen molar-refractivity contribution in [2.45, 2.75) is 44.6 Å². The van der Waals surface area contributed by atoms with Crippen molar-refractivity contribution in [1.82, 2.24) is 19.9 Å². The minimum Gasteiger partial charge on any atom is -0.481 e. The van der Waals surface area contributed by atoms with E-state index in [0.29, 0.717) is 36.1 Å². The number of aromatic nitrogens is 3. The highest BCUT2D eigenvalue weighted by atomic mass is 32.1. The van der Waals surface area contributed by atoms with Crippen molar-refractivity contribution in [3.63, 3.8) is 0 Å². The Morgan fingerprint density at radius 1 is 1.05 bits per heavy atom. The zero-order chi connectivity index (χ0) is 28.3. The Labute approximate surface area is 241 Å². The van der Waals surface area contributed by atoms with Gasteiger partial charge in [0.05, 0.1) is 24.0 Å². The molecular formula is C30H32N6O4S. The quantitative estimate of drug-likeness (QED) is 0.275. The van der Waals surface area contributed by atoms with E-state index in [-0.39, 0.29) is 37.1 Å². The number of benzene rings is 2. The van der Waals surface area contributed by atoms with Gasteiger partial charge in [0.25, 0.3) is 5.91 Å². The highest BCUT2D eigenvalue weighted by Gasteiger charge is 2.30. The number of piperidine rings is 1. The molecular weight excluding hydrogens is 540 g/mol. The molecule has 0 aliphatic carbocycles. The molecule has 1 atom stereocenters. The van der Waals surface area contributed by atoms with Gasteiger partial charge in [-0.1, -0.05) is 30.3 Å². The number of hydrogen-bond donors (Lipinski definition) is 3. The number of anilines is 2. The molecule has 2 aromatic carbocycles. The molecule has 1 unspecified atom stereocenters. The fourth-order valence-electron chi connectivity index (χ4n) is 5.79. The second-order valence-electron chi connectivity index (χ2n) is 10.7. The number of carbonyl (C=O) groups is 3. The van der Waals surface area contributed by atoms with Gasteiger partial charge >= 0.3 is 5.97 Å². The molecule has 2 amide bonds. The van der Waals surface area contributed by atoms with E-state index in [4.69, 9.17) is 0 Å². The molecule has 10 nitrogen and oxygen atoms in total. The average molecular weight is 573 g/mol. The fourth-order valence-corrected chi connectivity index (χ4v) is 6.55. The number of thiazole rings is 1. The molecule has 2 aliphatic rings. The van der Waals surface area contributed by atoms with Crippen LogP contribution in [0.2, 0.25) is 0 Å². The van der Waals surface area contributed by atoms with Crippen LogP contribution in [0.3, 0.4) is 0 Å². The molecule has 41 heavy (non-hydrogen) atoms. The van der Waals surface area contributed by atoms with Gasteiger partial charge in [-0.05, 0) is 54.9 Å². The van der Waals surface area contributed by atoms with Crippen LogP contribution in [0.4, 0.5) is 11.6 Å². The number of aromatic amines is 1. The Bertz CT molecular complexity index is 1540. The van der Waals surface area contributed by atoms with Gasteiger partial charge in [-0.2, -0.15) is 0 Å². The monoisotopic (exact) mass is 572 g/mol. The predicted molar refractivity (Wildman–Crippen MR) is 157 cm³/mol. The number of imidazole rings is 1. The van der Waals surface area contributed by atoms with Crippen LogP contribution in [0, 0.1) is 5.92 Å². The third-order valence-electron chi connectivity index (χ3n) is 8.01. The van der Waals surface area contributed by atoms with Crippen LogP contribution in [0.5, 0.6) is 0 Å². The van der Waals surface area contributed by atoms with Gasteiger partial charge in [0.2, 0.25) is 11.9 Å². The number of amides is 2. The summed E-state index contributed by atoms with van der Waals surface area (Å²) in [6, 6.07) is 15.4. The van der Waals surface area contributed by atoms with Crippen LogP contribution in [0.15, 0.2) is 53.9 Å². The maximum absolute atomic E-state index is 13.3. The van der Waals surface area contributed by atoms with Crippen LogP contribution < -0.4 is 10.2 Å². The zero-order valence-corrected chi connectivity index (χ0v) is 23.4. The first-order valence-electron chi connectivity index (χ1n) is 14.0. The fraction of sp³-hybridized carbons (Fsp3) is 0.367. The lowest BCUT2D eigenvalue weighted by Crippen LogP contribution is -2.40. The normalized spacial score (nSPS) is 17.9. The van der Waals surface area contributed by atoms with Crippen molar-refractivity contribution in [3.05, 3.63) is 70.2 Å². The predicted octanol–water partition coefficient (Wildman–Crippen LogP) is 4.87. The number of aliphatic carboxylic acids is 1. The standard InChI is InChI=1S/C30H32N6O4S/c37-27-10-9-20(15-28(38)39)21-5-1-4-8-25(21)36(27)17-26-32-24(18-41-26)29(40)35-13-11-19(12-14-35)16-31-30-33-22-6-2-3-7-23(22)34-30/h1-8,18-20H,9-17H2,(H,38,39)(H2,31,33,34). The summed E-state index contributed by atoms with van der Waals surface area (Å²) in [5, 5.41) is 15.2. The molecule has 0 bridgehead atoms. The molecule has 0 radical (unpaired) electrons. The summed E-state index contributed by atoms with van der Waals surface area (Å²) in [6.45, 7) is 2.38. The van der Waals surface area contributed by atoms with Crippen molar-refractivity contribution in [1.29, 1.82) is 0 Å². The molecule has 4 heterocycles. The molecule has 0 spiro atoms. The summed E-state index contributed by atoms with van der Waals surface area (Å²) < 4.78 is 0. The summed E-state index contributed by atoms with van der Waals surface area (Å²) in [7, 11) is 0. The van der Waals surface area contributed by atoms with E-state index in [1.165, 1.54) is 11.3 Å². The average Bonchev–Trinajstić information content (AvgIpc) is 3.61. The van der Waals surface area contributed by atoms with Gasteiger partial charge in [-0.25, -0.2) is 9.97 Å². The number of fused-ring (bicyclic) bond motifs is 2.